The Bertz CT molecular complexity index is 1030. The standard InChI is InChI=1S/C23H23N3O2S2/c1-16-24-18(14-29-16)15-30-20-10-8-17(9-11-20)22(27)25(2)21-12-13-26(23(21)28)19-6-4-3-5-7-19/h3-11,14,21H,12-13,15H2,1-2H3. The van der Waals surface area contributed by atoms with Gasteiger partial charge in [-0.2, -0.15) is 0 Å². The predicted molar refractivity (Wildman–Crippen MR) is 122 cm³/mol. The fraction of sp³-hybridized carbons (Fsp3) is 0.261. The highest BCUT2D eigenvalue weighted by Crippen LogP contribution is 2.26. The number of benzene rings is 2. The minimum Gasteiger partial charge on any atom is -0.330 e. The Balaban J connectivity index is 1.38. The average molecular weight is 438 g/mol. The average Bonchev–Trinajstić information content (AvgIpc) is 3.37. The molecule has 0 aliphatic carbocycles. The minimum atomic E-state index is -0.431. The summed E-state index contributed by atoms with van der Waals surface area (Å²) < 4.78 is 0. The van der Waals surface area contributed by atoms with Crippen LogP contribution < -0.4 is 4.90 Å². The van der Waals surface area contributed by atoms with Gasteiger partial charge in [0, 0.05) is 40.9 Å². The summed E-state index contributed by atoms with van der Waals surface area (Å²) in [6, 6.07) is 16.8. The molecule has 30 heavy (non-hydrogen) atoms. The smallest absolute Gasteiger partial charge is 0.254 e. The van der Waals surface area contributed by atoms with E-state index < -0.39 is 6.04 Å². The number of likely N-dealkylation sites (N-methyl/N-ethyl adjacent to an activating group) is 1. The van der Waals surface area contributed by atoms with E-state index in [4.69, 9.17) is 0 Å². The van der Waals surface area contributed by atoms with E-state index in [1.54, 1.807) is 39.9 Å². The molecule has 1 unspecified atom stereocenters. The van der Waals surface area contributed by atoms with Crippen LogP contribution in [0.2, 0.25) is 0 Å². The predicted octanol–water partition coefficient (Wildman–Crippen LogP) is 4.62. The third-order valence-electron chi connectivity index (χ3n) is 5.19. The molecule has 0 N–H and O–H groups in total. The second-order valence-corrected chi connectivity index (χ2v) is 9.33. The van der Waals surface area contributed by atoms with Gasteiger partial charge in [0.25, 0.3) is 5.91 Å². The zero-order valence-electron chi connectivity index (χ0n) is 16.9. The van der Waals surface area contributed by atoms with Crippen LogP contribution in [0.25, 0.3) is 0 Å². The molecule has 1 fully saturated rings. The number of nitrogens with zero attached hydrogens (tertiary/aromatic N) is 3. The highest BCUT2D eigenvalue weighted by atomic mass is 32.2. The number of aryl methyl sites for hydroxylation is 1. The van der Waals surface area contributed by atoms with Gasteiger partial charge in [0.15, 0.2) is 0 Å². The van der Waals surface area contributed by atoms with Crippen molar-refractivity contribution in [3.8, 4) is 0 Å². The van der Waals surface area contributed by atoms with Crippen LogP contribution >= 0.6 is 23.1 Å². The Morgan fingerprint density at radius 3 is 2.60 bits per heavy atom. The fourth-order valence-corrected chi connectivity index (χ4v) is 5.07. The SMILES string of the molecule is Cc1nc(CSc2ccc(C(=O)N(C)C3CCN(c4ccccc4)C3=O)cc2)cs1. The third-order valence-corrected chi connectivity index (χ3v) is 7.06. The molecule has 1 aliphatic heterocycles. The lowest BCUT2D eigenvalue weighted by Crippen LogP contribution is -2.43. The summed E-state index contributed by atoms with van der Waals surface area (Å²) in [6.45, 7) is 2.63. The van der Waals surface area contributed by atoms with Gasteiger partial charge < -0.3 is 9.80 Å². The van der Waals surface area contributed by atoms with Crippen LogP contribution in [0.3, 0.4) is 0 Å². The summed E-state index contributed by atoms with van der Waals surface area (Å²) in [5.41, 5.74) is 2.55. The van der Waals surface area contributed by atoms with E-state index in [0.29, 0.717) is 18.5 Å². The number of anilines is 1. The number of carbonyl (C=O) groups is 2. The van der Waals surface area contributed by atoms with Crippen molar-refractivity contribution in [3.05, 3.63) is 76.2 Å². The molecule has 0 spiro atoms. The van der Waals surface area contributed by atoms with Gasteiger partial charge in [-0.1, -0.05) is 18.2 Å². The topological polar surface area (TPSA) is 53.5 Å². The van der Waals surface area contributed by atoms with Crippen molar-refractivity contribution in [2.45, 2.75) is 30.0 Å². The molecule has 3 aromatic rings. The Hall–Kier alpha value is -2.64. The number of rotatable bonds is 6. The molecule has 4 rings (SSSR count). The van der Waals surface area contributed by atoms with Crippen LogP contribution in [-0.4, -0.2) is 41.3 Å². The van der Waals surface area contributed by atoms with Gasteiger partial charge in [0.1, 0.15) is 6.04 Å². The first-order chi connectivity index (χ1) is 14.5. The summed E-state index contributed by atoms with van der Waals surface area (Å²) in [4.78, 5) is 34.7. The van der Waals surface area contributed by atoms with Crippen molar-refractivity contribution < 1.29 is 9.59 Å². The van der Waals surface area contributed by atoms with Crippen molar-refractivity contribution in [2.24, 2.45) is 0 Å². The van der Waals surface area contributed by atoms with Gasteiger partial charge in [0.2, 0.25) is 5.91 Å². The van der Waals surface area contributed by atoms with E-state index in [1.165, 1.54) is 0 Å². The Morgan fingerprint density at radius 2 is 1.93 bits per heavy atom. The molecule has 0 saturated carbocycles. The lowest BCUT2D eigenvalue weighted by Gasteiger charge is -2.24. The van der Waals surface area contributed by atoms with E-state index in [9.17, 15) is 9.59 Å². The summed E-state index contributed by atoms with van der Waals surface area (Å²) >= 11 is 3.35. The molecule has 5 nitrogen and oxygen atoms in total. The van der Waals surface area contributed by atoms with Crippen molar-refractivity contribution in [3.63, 3.8) is 0 Å². The molecule has 1 aliphatic rings. The number of hydrogen-bond donors (Lipinski definition) is 0. The highest BCUT2D eigenvalue weighted by Gasteiger charge is 2.37. The first kappa shape index (κ1) is 20.6. The second-order valence-electron chi connectivity index (χ2n) is 7.22. The zero-order chi connectivity index (χ0) is 21.1. The van der Waals surface area contributed by atoms with Crippen LogP contribution in [-0.2, 0) is 10.5 Å². The molecule has 0 bridgehead atoms. The van der Waals surface area contributed by atoms with Crippen molar-refractivity contribution >= 4 is 40.6 Å². The van der Waals surface area contributed by atoms with E-state index in [2.05, 4.69) is 10.4 Å². The van der Waals surface area contributed by atoms with Crippen LogP contribution in [0.4, 0.5) is 5.69 Å². The quantitative estimate of drug-likeness (QED) is 0.528. The van der Waals surface area contributed by atoms with E-state index >= 15 is 0 Å². The molecule has 2 heterocycles. The van der Waals surface area contributed by atoms with E-state index in [-0.39, 0.29) is 11.8 Å². The molecule has 7 heteroatoms. The lowest BCUT2D eigenvalue weighted by atomic mass is 10.1. The number of hydrogen-bond acceptors (Lipinski definition) is 5. The molecular weight excluding hydrogens is 414 g/mol. The molecule has 2 amide bonds. The molecular formula is C23H23N3O2S2. The number of thiazole rings is 1. The van der Waals surface area contributed by atoms with Crippen molar-refractivity contribution in [1.29, 1.82) is 0 Å². The normalized spacial score (nSPS) is 16.1. The first-order valence-electron chi connectivity index (χ1n) is 9.80. The maximum absolute atomic E-state index is 13.0. The molecule has 1 saturated heterocycles. The maximum atomic E-state index is 13.0. The second kappa shape index (κ2) is 9.02. The summed E-state index contributed by atoms with van der Waals surface area (Å²) in [7, 11) is 1.71. The lowest BCUT2D eigenvalue weighted by molar-refractivity contribution is -0.120. The molecule has 1 atom stereocenters. The third kappa shape index (κ3) is 4.42. The van der Waals surface area contributed by atoms with Crippen molar-refractivity contribution in [2.75, 3.05) is 18.5 Å². The maximum Gasteiger partial charge on any atom is 0.254 e. The van der Waals surface area contributed by atoms with Crippen LogP contribution in [0.5, 0.6) is 0 Å². The Morgan fingerprint density at radius 1 is 1.20 bits per heavy atom. The van der Waals surface area contributed by atoms with Crippen LogP contribution in [0.15, 0.2) is 64.9 Å². The number of para-hydroxylation sites is 1. The van der Waals surface area contributed by atoms with Gasteiger partial charge in [-0.25, -0.2) is 4.98 Å². The van der Waals surface area contributed by atoms with E-state index in [1.807, 2.05) is 61.5 Å². The largest absolute Gasteiger partial charge is 0.330 e. The first-order valence-corrected chi connectivity index (χ1v) is 11.7. The zero-order valence-corrected chi connectivity index (χ0v) is 18.6. The van der Waals surface area contributed by atoms with E-state index in [0.717, 1.165) is 27.0 Å². The van der Waals surface area contributed by atoms with Gasteiger partial charge in [0.05, 0.1) is 10.7 Å². The Labute approximate surface area is 184 Å². The molecule has 154 valence electrons. The highest BCUT2D eigenvalue weighted by molar-refractivity contribution is 7.98. The Kier molecular flexibility index (Phi) is 6.20. The number of aromatic nitrogens is 1. The number of thioether (sulfide) groups is 1. The monoisotopic (exact) mass is 437 g/mol. The van der Waals surface area contributed by atoms with Gasteiger partial charge in [-0.05, 0) is 49.7 Å². The van der Waals surface area contributed by atoms with Gasteiger partial charge in [-0.3, -0.25) is 9.59 Å². The van der Waals surface area contributed by atoms with Gasteiger partial charge in [-0.15, -0.1) is 23.1 Å². The van der Waals surface area contributed by atoms with Crippen LogP contribution in [0.1, 0.15) is 27.5 Å². The van der Waals surface area contributed by atoms with Crippen molar-refractivity contribution in [1.82, 2.24) is 9.88 Å². The summed E-state index contributed by atoms with van der Waals surface area (Å²) in [5, 5.41) is 3.15. The molecule has 2 aromatic carbocycles. The molecule has 0 radical (unpaired) electrons. The van der Waals surface area contributed by atoms with Crippen LogP contribution in [0, 0.1) is 6.92 Å². The number of carbonyl (C=O) groups excluding carboxylic acids is 2. The molecule has 1 aromatic heterocycles. The van der Waals surface area contributed by atoms with Gasteiger partial charge >= 0.3 is 0 Å². The summed E-state index contributed by atoms with van der Waals surface area (Å²) in [6.07, 6.45) is 0.636. The number of amides is 2. The fourth-order valence-electron chi connectivity index (χ4n) is 3.56. The minimum absolute atomic E-state index is 0.0252. The summed E-state index contributed by atoms with van der Waals surface area (Å²) in [5.74, 6) is 0.654.